The van der Waals surface area contributed by atoms with Crippen LogP contribution in [0, 0.1) is 19.7 Å². The van der Waals surface area contributed by atoms with Crippen molar-refractivity contribution in [1.82, 2.24) is 20.3 Å². The van der Waals surface area contributed by atoms with Gasteiger partial charge in [0.15, 0.2) is 5.60 Å². The molecule has 1 atom stereocenters. The number of aryl methyl sites for hydroxylation is 3. The van der Waals surface area contributed by atoms with Crippen molar-refractivity contribution in [3.05, 3.63) is 172 Å². The topological polar surface area (TPSA) is 94.5 Å². The minimum atomic E-state index is -1.23. The van der Waals surface area contributed by atoms with E-state index in [1.807, 2.05) is 122 Å². The summed E-state index contributed by atoms with van der Waals surface area (Å²) in [4.78, 5) is 39.1. The third-order valence-corrected chi connectivity index (χ3v) is 9.18. The van der Waals surface area contributed by atoms with Crippen molar-refractivity contribution in [3.63, 3.8) is 0 Å². The second-order valence-electron chi connectivity index (χ2n) is 14.3. The molecule has 0 aliphatic carbocycles. The molecule has 0 aliphatic rings. The second-order valence-corrected chi connectivity index (χ2v) is 14.3. The molecule has 0 saturated carbocycles. The number of nitrogens with zero attached hydrogens (tertiary/aromatic N) is 2. The summed E-state index contributed by atoms with van der Waals surface area (Å²) in [5.41, 5.74) is 7.78. The molecular weight excluding hydrogens is 668 g/mol. The summed E-state index contributed by atoms with van der Waals surface area (Å²) < 4.78 is 21.9. The fraction of sp³-hybridized carbons (Fsp3) is 0.250. The van der Waals surface area contributed by atoms with Gasteiger partial charge in [-0.3, -0.25) is 9.63 Å². The number of alkyl carbamates (subject to hydrolysis) is 1. The first kappa shape index (κ1) is 37.0. The lowest BCUT2D eigenvalue weighted by Gasteiger charge is -2.35. The number of imidazole rings is 1. The largest absolute Gasteiger partial charge is 0.444 e. The Labute approximate surface area is 309 Å². The molecule has 0 saturated heterocycles. The normalized spacial score (nSPS) is 12.3. The van der Waals surface area contributed by atoms with Gasteiger partial charge < -0.3 is 14.6 Å². The Kier molecular flexibility index (Phi) is 11.0. The van der Waals surface area contributed by atoms with E-state index in [4.69, 9.17) is 14.6 Å². The van der Waals surface area contributed by atoms with Gasteiger partial charge >= 0.3 is 6.09 Å². The number of amides is 2. The lowest BCUT2D eigenvalue weighted by Crippen LogP contribution is -2.50. The molecule has 1 heterocycles. The van der Waals surface area contributed by atoms with Crippen molar-refractivity contribution >= 4 is 23.0 Å². The van der Waals surface area contributed by atoms with Crippen molar-refractivity contribution < 1.29 is 23.6 Å². The maximum atomic E-state index is 14.3. The van der Waals surface area contributed by atoms with Crippen LogP contribution in [0.15, 0.2) is 127 Å². The quantitative estimate of drug-likeness (QED) is 0.0978. The lowest BCUT2D eigenvalue weighted by molar-refractivity contribution is -0.145. The van der Waals surface area contributed by atoms with Crippen LogP contribution in [-0.4, -0.2) is 33.2 Å². The van der Waals surface area contributed by atoms with Crippen LogP contribution in [0.3, 0.4) is 0 Å². The third-order valence-electron chi connectivity index (χ3n) is 9.18. The molecule has 0 aliphatic heterocycles. The lowest BCUT2D eigenvalue weighted by atomic mass is 9.80. The fourth-order valence-corrected chi connectivity index (χ4v) is 6.50. The monoisotopic (exact) mass is 712 g/mol. The van der Waals surface area contributed by atoms with Gasteiger partial charge in [0.2, 0.25) is 0 Å². The number of benzene rings is 5. The Hall–Kier alpha value is -5.80. The molecule has 0 spiro atoms. The van der Waals surface area contributed by atoms with Gasteiger partial charge in [-0.25, -0.2) is 19.6 Å². The maximum Gasteiger partial charge on any atom is 0.408 e. The highest BCUT2D eigenvalue weighted by Crippen LogP contribution is 2.39. The van der Waals surface area contributed by atoms with Crippen LogP contribution in [-0.2, 0) is 32.9 Å². The zero-order valence-electron chi connectivity index (χ0n) is 30.7. The molecular formula is C44H45FN4O4. The summed E-state index contributed by atoms with van der Waals surface area (Å²) in [7, 11) is 0. The molecule has 53 heavy (non-hydrogen) atoms. The van der Waals surface area contributed by atoms with Crippen LogP contribution in [0.1, 0.15) is 66.4 Å². The number of ether oxygens (including phenoxy) is 1. The molecule has 272 valence electrons. The Morgan fingerprint density at radius 3 is 1.89 bits per heavy atom. The zero-order valence-corrected chi connectivity index (χ0v) is 30.7. The Bertz CT molecular complexity index is 2080. The van der Waals surface area contributed by atoms with E-state index in [-0.39, 0.29) is 12.2 Å². The van der Waals surface area contributed by atoms with Crippen molar-refractivity contribution in [2.24, 2.45) is 0 Å². The van der Waals surface area contributed by atoms with E-state index in [9.17, 15) is 14.0 Å². The molecule has 1 aromatic heterocycles. The fourth-order valence-electron chi connectivity index (χ4n) is 6.50. The van der Waals surface area contributed by atoms with Crippen molar-refractivity contribution in [3.8, 4) is 0 Å². The molecule has 9 heteroatoms. The van der Waals surface area contributed by atoms with Gasteiger partial charge in [0.1, 0.15) is 23.3 Å². The van der Waals surface area contributed by atoms with Crippen molar-refractivity contribution in [2.45, 2.75) is 71.2 Å². The van der Waals surface area contributed by atoms with Crippen LogP contribution >= 0.6 is 0 Å². The number of hydrogen-bond donors (Lipinski definition) is 2. The third kappa shape index (κ3) is 8.64. The van der Waals surface area contributed by atoms with Gasteiger partial charge in [-0.2, -0.15) is 0 Å². The summed E-state index contributed by atoms with van der Waals surface area (Å²) in [6.07, 6.45) is -0.275. The number of carbonyl (C=O) groups is 2. The minimum Gasteiger partial charge on any atom is -0.444 e. The van der Waals surface area contributed by atoms with Gasteiger partial charge in [0.05, 0.1) is 11.0 Å². The van der Waals surface area contributed by atoms with Gasteiger partial charge in [0.25, 0.3) is 5.91 Å². The standard InChI is InChI=1S/C44H45FN4O4/c1-30-26-38-39(27-31(30)2)49(29-32-16-15-23-36(45)28-32)40(46-38)25-24-37(47-42(51)52-43(3,4)5)41(50)48-53-44(33-17-9-6-10-18-33,34-19-11-7-12-20-34)35-21-13-8-14-22-35/h6-23,26-28,37H,24-25,29H2,1-5H3,(H,47,51)(H,48,50). The second kappa shape index (κ2) is 15.8. The highest BCUT2D eigenvalue weighted by molar-refractivity contribution is 5.85. The predicted molar refractivity (Wildman–Crippen MR) is 205 cm³/mol. The SMILES string of the molecule is Cc1cc2nc(CCC(NC(=O)OC(C)(C)C)C(=O)NOC(c3ccccc3)(c3ccccc3)c3ccccc3)n(Cc3cccc(F)c3)c2cc1C. The summed E-state index contributed by atoms with van der Waals surface area (Å²) in [6.45, 7) is 9.73. The Balaban J connectivity index is 1.34. The van der Waals surface area contributed by atoms with Gasteiger partial charge in [-0.1, -0.05) is 103 Å². The molecule has 2 N–H and O–H groups in total. The number of hydroxylamine groups is 1. The molecule has 0 radical (unpaired) electrons. The minimum absolute atomic E-state index is 0.161. The number of carbonyl (C=O) groups excluding carboxylic acids is 2. The van der Waals surface area contributed by atoms with Gasteiger partial charge in [-0.15, -0.1) is 0 Å². The Morgan fingerprint density at radius 1 is 0.774 bits per heavy atom. The average Bonchev–Trinajstić information content (AvgIpc) is 3.46. The molecule has 6 aromatic rings. The number of nitrogens with one attached hydrogen (secondary N) is 2. The molecule has 0 bridgehead atoms. The number of fused-ring (bicyclic) bond motifs is 1. The predicted octanol–water partition coefficient (Wildman–Crippen LogP) is 8.71. The summed E-state index contributed by atoms with van der Waals surface area (Å²) >= 11 is 0. The van der Waals surface area contributed by atoms with E-state index in [1.165, 1.54) is 12.1 Å². The summed E-state index contributed by atoms with van der Waals surface area (Å²) in [6, 6.07) is 38.5. The van der Waals surface area contributed by atoms with Crippen molar-refractivity contribution in [2.75, 3.05) is 0 Å². The van der Waals surface area contributed by atoms with E-state index >= 15 is 0 Å². The first-order chi connectivity index (χ1) is 25.4. The molecule has 5 aromatic carbocycles. The van der Waals surface area contributed by atoms with Crippen LogP contribution in [0.5, 0.6) is 0 Å². The van der Waals surface area contributed by atoms with Crippen LogP contribution < -0.4 is 10.8 Å². The molecule has 8 nitrogen and oxygen atoms in total. The van der Waals surface area contributed by atoms with Crippen LogP contribution in [0.25, 0.3) is 11.0 Å². The molecule has 2 amide bonds. The van der Waals surface area contributed by atoms with E-state index in [2.05, 4.69) is 16.9 Å². The van der Waals surface area contributed by atoms with E-state index in [0.717, 1.165) is 44.4 Å². The maximum absolute atomic E-state index is 14.3. The number of aromatic nitrogens is 2. The Morgan fingerprint density at radius 2 is 1.34 bits per heavy atom. The molecule has 6 rings (SSSR count). The zero-order chi connectivity index (χ0) is 37.6. The van der Waals surface area contributed by atoms with Crippen molar-refractivity contribution in [1.29, 1.82) is 0 Å². The molecule has 0 fully saturated rings. The summed E-state index contributed by atoms with van der Waals surface area (Å²) in [5, 5.41) is 2.79. The average molecular weight is 713 g/mol. The van der Waals surface area contributed by atoms with Crippen LogP contribution in [0.4, 0.5) is 9.18 Å². The van der Waals surface area contributed by atoms with E-state index < -0.39 is 29.2 Å². The molecule has 1 unspecified atom stereocenters. The highest BCUT2D eigenvalue weighted by atomic mass is 19.1. The number of rotatable bonds is 12. The first-order valence-corrected chi connectivity index (χ1v) is 17.8. The smallest absolute Gasteiger partial charge is 0.408 e. The summed E-state index contributed by atoms with van der Waals surface area (Å²) in [5.74, 6) is -0.204. The highest BCUT2D eigenvalue weighted by Gasteiger charge is 2.40. The van der Waals surface area contributed by atoms with Gasteiger partial charge in [-0.05, 0) is 98.7 Å². The van der Waals surface area contributed by atoms with E-state index in [0.29, 0.717) is 18.8 Å². The first-order valence-electron chi connectivity index (χ1n) is 17.8. The van der Waals surface area contributed by atoms with Crippen LogP contribution in [0.2, 0.25) is 0 Å². The number of halogens is 1. The van der Waals surface area contributed by atoms with E-state index in [1.54, 1.807) is 26.8 Å². The number of hydrogen-bond acceptors (Lipinski definition) is 5. The van der Waals surface area contributed by atoms with Gasteiger partial charge in [0, 0.05) is 13.0 Å².